The van der Waals surface area contributed by atoms with E-state index in [0.29, 0.717) is 16.8 Å². The van der Waals surface area contributed by atoms with E-state index in [9.17, 15) is 9.18 Å². The van der Waals surface area contributed by atoms with Crippen molar-refractivity contribution >= 4 is 38.4 Å². The van der Waals surface area contributed by atoms with Crippen LogP contribution in [0, 0.1) is 5.82 Å². The number of carbonyl (C=O) groups is 1. The summed E-state index contributed by atoms with van der Waals surface area (Å²) < 4.78 is 14.2. The fourth-order valence-corrected chi connectivity index (χ4v) is 4.36. The van der Waals surface area contributed by atoms with Gasteiger partial charge in [-0.1, -0.05) is 22.0 Å². The van der Waals surface area contributed by atoms with Crippen molar-refractivity contribution < 1.29 is 9.18 Å². The fraction of sp³-hybridized carbons (Fsp3) is 0.120. The van der Waals surface area contributed by atoms with E-state index < -0.39 is 0 Å². The molecule has 1 aromatic heterocycles. The van der Waals surface area contributed by atoms with Gasteiger partial charge in [-0.05, 0) is 91.1 Å². The lowest BCUT2D eigenvalue weighted by atomic mass is 10.0. The second-order valence-corrected chi connectivity index (χ2v) is 8.43. The molecule has 1 aliphatic carbocycles. The number of halogens is 2. The molecule has 0 fully saturated rings. The molecule has 3 nitrogen and oxygen atoms in total. The number of anilines is 1. The molecule has 3 aromatic carbocycles. The average Bonchev–Trinajstić information content (AvgIpc) is 3.21. The highest BCUT2D eigenvalue weighted by Crippen LogP contribution is 2.29. The quantitative estimate of drug-likeness (QED) is 0.376. The summed E-state index contributed by atoms with van der Waals surface area (Å²) in [6.45, 7) is 0. The molecule has 0 saturated carbocycles. The first-order valence-corrected chi connectivity index (χ1v) is 10.7. The van der Waals surface area contributed by atoms with Crippen molar-refractivity contribution in [3.8, 4) is 11.3 Å². The SMILES string of the molecule is O=C(Nc1ccc2c(c1)CCC2)c1cc(-c2ccc(F)cc2)nc2ccc(Br)cc12. The summed E-state index contributed by atoms with van der Waals surface area (Å²) in [7, 11) is 0. The van der Waals surface area contributed by atoms with Crippen molar-refractivity contribution in [3.05, 3.63) is 93.7 Å². The van der Waals surface area contributed by atoms with Crippen molar-refractivity contribution in [3.63, 3.8) is 0 Å². The summed E-state index contributed by atoms with van der Waals surface area (Å²) >= 11 is 3.49. The van der Waals surface area contributed by atoms with E-state index in [0.717, 1.165) is 40.4 Å². The minimum absolute atomic E-state index is 0.193. The molecule has 0 radical (unpaired) electrons. The lowest BCUT2D eigenvalue weighted by Crippen LogP contribution is -2.13. The molecule has 0 bridgehead atoms. The Morgan fingerprint density at radius 3 is 2.57 bits per heavy atom. The summed E-state index contributed by atoms with van der Waals surface area (Å²) in [5, 5.41) is 3.80. The molecule has 1 heterocycles. The van der Waals surface area contributed by atoms with Gasteiger partial charge >= 0.3 is 0 Å². The van der Waals surface area contributed by atoms with Gasteiger partial charge in [0.05, 0.1) is 16.8 Å². The number of rotatable bonds is 3. The van der Waals surface area contributed by atoms with Crippen LogP contribution in [0.25, 0.3) is 22.2 Å². The van der Waals surface area contributed by atoms with Crippen LogP contribution in [0.4, 0.5) is 10.1 Å². The second kappa shape index (κ2) is 7.65. The zero-order valence-electron chi connectivity index (χ0n) is 16.1. The molecule has 1 N–H and O–H groups in total. The maximum absolute atomic E-state index is 13.4. The van der Waals surface area contributed by atoms with Crippen LogP contribution < -0.4 is 5.32 Å². The molecule has 5 heteroatoms. The second-order valence-electron chi connectivity index (χ2n) is 7.51. The topological polar surface area (TPSA) is 42.0 Å². The Hall–Kier alpha value is -3.05. The monoisotopic (exact) mass is 460 g/mol. The van der Waals surface area contributed by atoms with Gasteiger partial charge in [0.25, 0.3) is 5.91 Å². The van der Waals surface area contributed by atoms with Gasteiger partial charge < -0.3 is 5.32 Å². The third-order valence-corrected chi connectivity index (χ3v) is 6.00. The zero-order chi connectivity index (χ0) is 20.7. The number of pyridine rings is 1. The number of hydrogen-bond acceptors (Lipinski definition) is 2. The number of nitrogens with one attached hydrogen (secondary N) is 1. The summed E-state index contributed by atoms with van der Waals surface area (Å²) in [5.74, 6) is -0.500. The number of amides is 1. The van der Waals surface area contributed by atoms with Gasteiger partial charge in [0, 0.05) is 21.1 Å². The lowest BCUT2D eigenvalue weighted by molar-refractivity contribution is 0.102. The molecule has 0 aliphatic heterocycles. The highest BCUT2D eigenvalue weighted by Gasteiger charge is 2.17. The highest BCUT2D eigenvalue weighted by molar-refractivity contribution is 9.10. The Balaban J connectivity index is 1.58. The van der Waals surface area contributed by atoms with Crippen LogP contribution in [0.3, 0.4) is 0 Å². The van der Waals surface area contributed by atoms with E-state index in [4.69, 9.17) is 4.98 Å². The van der Waals surface area contributed by atoms with E-state index in [2.05, 4.69) is 33.4 Å². The van der Waals surface area contributed by atoms with Crippen molar-refractivity contribution in [1.29, 1.82) is 0 Å². The van der Waals surface area contributed by atoms with Crippen LogP contribution in [0.2, 0.25) is 0 Å². The molecule has 0 spiro atoms. The molecule has 5 rings (SSSR count). The standard InChI is InChI=1S/C25H18BrFN2O/c26-18-7-11-23-21(13-18)22(14-24(29-23)16-4-8-19(27)9-5-16)25(30)28-20-10-6-15-2-1-3-17(15)12-20/h4-14H,1-3H2,(H,28,30). The zero-order valence-corrected chi connectivity index (χ0v) is 17.7. The van der Waals surface area contributed by atoms with E-state index in [1.165, 1.54) is 23.3 Å². The van der Waals surface area contributed by atoms with Gasteiger partial charge in [0.2, 0.25) is 0 Å². The minimum atomic E-state index is -0.307. The maximum Gasteiger partial charge on any atom is 0.256 e. The predicted octanol–water partition coefficient (Wildman–Crippen LogP) is 6.54. The molecular formula is C25H18BrFN2O. The molecule has 1 amide bonds. The molecule has 1 aliphatic rings. The van der Waals surface area contributed by atoms with Crippen molar-refractivity contribution in [2.24, 2.45) is 0 Å². The van der Waals surface area contributed by atoms with Crippen LogP contribution in [0.1, 0.15) is 27.9 Å². The van der Waals surface area contributed by atoms with E-state index >= 15 is 0 Å². The molecule has 0 atom stereocenters. The molecule has 30 heavy (non-hydrogen) atoms. The summed E-state index contributed by atoms with van der Waals surface area (Å²) in [6, 6.07) is 19.7. The third kappa shape index (κ3) is 3.61. The van der Waals surface area contributed by atoms with Crippen LogP contribution in [-0.2, 0) is 12.8 Å². The Morgan fingerprint density at radius 1 is 0.933 bits per heavy atom. The number of hydrogen-bond donors (Lipinski definition) is 1. The summed E-state index contributed by atoms with van der Waals surface area (Å²) in [4.78, 5) is 18.0. The van der Waals surface area contributed by atoms with Gasteiger partial charge in [-0.15, -0.1) is 0 Å². The molecule has 0 saturated heterocycles. The fourth-order valence-electron chi connectivity index (χ4n) is 4.00. The van der Waals surface area contributed by atoms with Gasteiger partial charge in [-0.3, -0.25) is 4.79 Å². The molecular weight excluding hydrogens is 443 g/mol. The maximum atomic E-state index is 13.4. The Bertz CT molecular complexity index is 1280. The number of nitrogens with zero attached hydrogens (tertiary/aromatic N) is 1. The largest absolute Gasteiger partial charge is 0.322 e. The molecule has 0 unspecified atom stereocenters. The lowest BCUT2D eigenvalue weighted by Gasteiger charge is -2.12. The first-order chi connectivity index (χ1) is 14.6. The minimum Gasteiger partial charge on any atom is -0.322 e. The third-order valence-electron chi connectivity index (χ3n) is 5.51. The van der Waals surface area contributed by atoms with Gasteiger partial charge in [-0.25, -0.2) is 9.37 Å². The molecule has 148 valence electrons. The van der Waals surface area contributed by atoms with Crippen LogP contribution in [0.5, 0.6) is 0 Å². The van der Waals surface area contributed by atoms with Crippen LogP contribution >= 0.6 is 15.9 Å². The van der Waals surface area contributed by atoms with E-state index in [-0.39, 0.29) is 11.7 Å². The highest BCUT2D eigenvalue weighted by atomic mass is 79.9. The van der Waals surface area contributed by atoms with E-state index in [1.807, 2.05) is 24.3 Å². The van der Waals surface area contributed by atoms with Crippen molar-refractivity contribution in [2.75, 3.05) is 5.32 Å². The van der Waals surface area contributed by atoms with Gasteiger partial charge in [-0.2, -0.15) is 0 Å². The smallest absolute Gasteiger partial charge is 0.256 e. The Kier molecular flexibility index (Phi) is 4.83. The summed E-state index contributed by atoms with van der Waals surface area (Å²) in [5.41, 5.74) is 6.09. The normalized spacial score (nSPS) is 12.7. The van der Waals surface area contributed by atoms with Gasteiger partial charge in [0.15, 0.2) is 0 Å². The van der Waals surface area contributed by atoms with Gasteiger partial charge in [0.1, 0.15) is 5.82 Å². The number of fused-ring (bicyclic) bond motifs is 2. The molecule has 4 aromatic rings. The van der Waals surface area contributed by atoms with Crippen LogP contribution in [-0.4, -0.2) is 10.9 Å². The first-order valence-electron chi connectivity index (χ1n) is 9.86. The first kappa shape index (κ1) is 18.9. The van der Waals surface area contributed by atoms with Crippen molar-refractivity contribution in [1.82, 2.24) is 4.98 Å². The number of aryl methyl sites for hydroxylation is 2. The number of aromatic nitrogens is 1. The van der Waals surface area contributed by atoms with Crippen molar-refractivity contribution in [2.45, 2.75) is 19.3 Å². The average molecular weight is 461 g/mol. The predicted molar refractivity (Wildman–Crippen MR) is 121 cm³/mol. The number of benzene rings is 3. The Labute approximate surface area is 182 Å². The summed E-state index contributed by atoms with van der Waals surface area (Å²) in [6.07, 6.45) is 3.32. The Morgan fingerprint density at radius 2 is 1.73 bits per heavy atom. The van der Waals surface area contributed by atoms with E-state index in [1.54, 1.807) is 18.2 Å². The van der Waals surface area contributed by atoms with Crippen LogP contribution in [0.15, 0.2) is 71.2 Å². The number of carbonyl (C=O) groups excluding carboxylic acids is 1.